The van der Waals surface area contributed by atoms with Gasteiger partial charge in [0.2, 0.25) is 5.78 Å². The predicted octanol–water partition coefficient (Wildman–Crippen LogP) is 5.01. The number of aryl methyl sites for hydroxylation is 1. The number of carbonyl (C=O) groups excluding carboxylic acids is 2. The number of nitrogens with zero attached hydrogens (tertiary/aromatic N) is 1. The number of benzene rings is 2. The van der Waals surface area contributed by atoms with E-state index in [0.29, 0.717) is 26.5 Å². The summed E-state index contributed by atoms with van der Waals surface area (Å²) in [7, 11) is 0. The molecule has 0 aliphatic carbocycles. The summed E-state index contributed by atoms with van der Waals surface area (Å²) in [5, 5.41) is 12.0. The Balaban J connectivity index is 1.71. The van der Waals surface area contributed by atoms with Gasteiger partial charge in [0.05, 0.1) is 18.7 Å². The molecule has 1 aliphatic heterocycles. The normalized spacial score (nSPS) is 18.2. The molecule has 1 aliphatic rings. The zero-order chi connectivity index (χ0) is 20.8. The smallest absolute Gasteiger partial charge is 0.264 e. The van der Waals surface area contributed by atoms with Gasteiger partial charge in [-0.1, -0.05) is 39.7 Å². The van der Waals surface area contributed by atoms with Gasteiger partial charge in [-0.2, -0.15) is 0 Å². The van der Waals surface area contributed by atoms with Gasteiger partial charge in [0.25, 0.3) is 5.91 Å². The quantitative estimate of drug-likeness (QED) is 0.528. The molecule has 1 aromatic heterocycles. The Kier molecular flexibility index (Phi) is 5.11. The van der Waals surface area contributed by atoms with Crippen LogP contribution in [-0.4, -0.2) is 16.8 Å². The molecule has 1 amide bonds. The average Bonchev–Trinajstić information content (AvgIpc) is 3.20. The Labute approximate surface area is 181 Å². The van der Waals surface area contributed by atoms with Crippen molar-refractivity contribution in [3.63, 3.8) is 0 Å². The topological polar surface area (TPSA) is 70.8 Å². The first-order valence-corrected chi connectivity index (χ1v) is 10.1. The number of hydrogen-bond acceptors (Lipinski definition) is 4. The van der Waals surface area contributed by atoms with Crippen LogP contribution in [-0.2, 0) is 16.9 Å². The molecule has 0 saturated carbocycles. The van der Waals surface area contributed by atoms with Crippen molar-refractivity contribution in [3.8, 4) is 0 Å². The molecule has 2 aromatic carbocycles. The highest BCUT2D eigenvalue weighted by molar-refractivity contribution is 9.10. The second-order valence-electron chi connectivity index (χ2n) is 7.05. The number of amides is 1. The lowest BCUT2D eigenvalue weighted by molar-refractivity contribution is -0.136. The van der Waals surface area contributed by atoms with Crippen LogP contribution in [0.25, 0.3) is 0 Å². The molecule has 5 nitrogen and oxygen atoms in total. The van der Waals surface area contributed by atoms with Crippen LogP contribution in [0.1, 0.15) is 33.9 Å². The van der Waals surface area contributed by atoms with Crippen molar-refractivity contribution in [3.05, 3.63) is 86.7 Å². The van der Waals surface area contributed by atoms with E-state index in [1.54, 1.807) is 49.4 Å². The summed E-state index contributed by atoms with van der Waals surface area (Å²) in [6, 6.07) is 15.6. The summed E-state index contributed by atoms with van der Waals surface area (Å²) >= 11 is 9.33. The Morgan fingerprint density at radius 1 is 1.17 bits per heavy atom. The van der Waals surface area contributed by atoms with Gasteiger partial charge in [-0.3, -0.25) is 9.59 Å². The second-order valence-corrected chi connectivity index (χ2v) is 8.40. The first-order valence-electron chi connectivity index (χ1n) is 8.96. The van der Waals surface area contributed by atoms with Gasteiger partial charge in [0.15, 0.2) is 11.4 Å². The fourth-order valence-electron chi connectivity index (χ4n) is 3.53. The molecule has 7 heteroatoms. The van der Waals surface area contributed by atoms with Crippen molar-refractivity contribution in [2.45, 2.75) is 25.5 Å². The number of Topliss-reactive ketones (excluding diaryl/α,β-unsaturated/α-hetero) is 1. The number of ketones is 1. The Hall–Kier alpha value is -2.41. The van der Waals surface area contributed by atoms with Crippen molar-refractivity contribution in [1.82, 2.24) is 0 Å². The number of rotatable bonds is 5. The van der Waals surface area contributed by atoms with E-state index >= 15 is 0 Å². The van der Waals surface area contributed by atoms with E-state index in [4.69, 9.17) is 16.0 Å². The summed E-state index contributed by atoms with van der Waals surface area (Å²) in [6.07, 6.45) is -0.403. The number of fused-ring (bicyclic) bond motifs is 1. The SMILES string of the molecule is Cc1ccc(C(=O)CC2(O)C(=O)N(Cc3ccc(Cl)cc3)c3ccc(Br)cc32)o1. The molecule has 29 heavy (non-hydrogen) atoms. The summed E-state index contributed by atoms with van der Waals surface area (Å²) in [5.41, 5.74) is -0.154. The summed E-state index contributed by atoms with van der Waals surface area (Å²) in [4.78, 5) is 27.5. The van der Waals surface area contributed by atoms with E-state index in [2.05, 4.69) is 15.9 Å². The maximum absolute atomic E-state index is 13.3. The van der Waals surface area contributed by atoms with Gasteiger partial charge >= 0.3 is 0 Å². The van der Waals surface area contributed by atoms with E-state index in [1.807, 2.05) is 12.1 Å². The first kappa shape index (κ1) is 19.9. The molecule has 0 radical (unpaired) electrons. The zero-order valence-corrected chi connectivity index (χ0v) is 17.8. The summed E-state index contributed by atoms with van der Waals surface area (Å²) in [5.74, 6) is -0.271. The molecule has 2 heterocycles. The molecule has 0 saturated heterocycles. The highest BCUT2D eigenvalue weighted by Gasteiger charge is 2.51. The Bertz CT molecular complexity index is 1110. The second kappa shape index (κ2) is 7.44. The predicted molar refractivity (Wildman–Crippen MR) is 113 cm³/mol. The van der Waals surface area contributed by atoms with Crippen molar-refractivity contribution < 1.29 is 19.1 Å². The van der Waals surface area contributed by atoms with Gasteiger partial charge in [0, 0.05) is 15.1 Å². The third-order valence-corrected chi connectivity index (χ3v) is 5.72. The Morgan fingerprint density at radius 3 is 2.55 bits per heavy atom. The lowest BCUT2D eigenvalue weighted by Crippen LogP contribution is -2.41. The monoisotopic (exact) mass is 473 g/mol. The fraction of sp³-hybridized carbons (Fsp3) is 0.182. The van der Waals surface area contributed by atoms with Crippen LogP contribution >= 0.6 is 27.5 Å². The highest BCUT2D eigenvalue weighted by atomic mass is 79.9. The van der Waals surface area contributed by atoms with Crippen molar-refractivity contribution >= 4 is 44.9 Å². The highest BCUT2D eigenvalue weighted by Crippen LogP contribution is 2.44. The molecule has 1 N–H and O–H groups in total. The third-order valence-electron chi connectivity index (χ3n) is 4.98. The minimum absolute atomic E-state index is 0.122. The lowest BCUT2D eigenvalue weighted by atomic mass is 9.89. The van der Waals surface area contributed by atoms with Crippen molar-refractivity contribution in [2.75, 3.05) is 4.90 Å². The number of carbonyl (C=O) groups is 2. The van der Waals surface area contributed by atoms with E-state index < -0.39 is 23.7 Å². The first-order chi connectivity index (χ1) is 13.8. The minimum Gasteiger partial charge on any atom is -0.458 e. The summed E-state index contributed by atoms with van der Waals surface area (Å²) < 4.78 is 6.08. The zero-order valence-electron chi connectivity index (χ0n) is 15.5. The van der Waals surface area contributed by atoms with Crippen LogP contribution in [0.4, 0.5) is 5.69 Å². The van der Waals surface area contributed by atoms with Crippen molar-refractivity contribution in [2.24, 2.45) is 0 Å². The average molecular weight is 475 g/mol. The molecular weight excluding hydrogens is 458 g/mol. The maximum Gasteiger partial charge on any atom is 0.264 e. The molecule has 0 fully saturated rings. The summed E-state index contributed by atoms with van der Waals surface area (Å²) in [6.45, 7) is 1.98. The molecule has 4 rings (SSSR count). The molecule has 148 valence electrons. The van der Waals surface area contributed by atoms with Crippen molar-refractivity contribution in [1.29, 1.82) is 0 Å². The maximum atomic E-state index is 13.3. The lowest BCUT2D eigenvalue weighted by Gasteiger charge is -2.22. The van der Waals surface area contributed by atoms with Crippen LogP contribution in [0.2, 0.25) is 5.02 Å². The van der Waals surface area contributed by atoms with Gasteiger partial charge in [-0.15, -0.1) is 0 Å². The van der Waals surface area contributed by atoms with Gasteiger partial charge < -0.3 is 14.4 Å². The van der Waals surface area contributed by atoms with E-state index in [1.165, 1.54) is 4.90 Å². The van der Waals surface area contributed by atoms with E-state index in [0.717, 1.165) is 5.56 Å². The third kappa shape index (κ3) is 3.64. The molecule has 0 bridgehead atoms. The van der Waals surface area contributed by atoms with Gasteiger partial charge in [-0.25, -0.2) is 0 Å². The number of aliphatic hydroxyl groups is 1. The van der Waals surface area contributed by atoms with Crippen LogP contribution in [0.5, 0.6) is 0 Å². The number of furan rings is 1. The van der Waals surface area contributed by atoms with Crippen LogP contribution in [0.3, 0.4) is 0 Å². The van der Waals surface area contributed by atoms with E-state index in [9.17, 15) is 14.7 Å². The molecule has 1 atom stereocenters. The van der Waals surface area contributed by atoms with E-state index in [-0.39, 0.29) is 12.3 Å². The van der Waals surface area contributed by atoms with Crippen LogP contribution < -0.4 is 4.90 Å². The van der Waals surface area contributed by atoms with Crippen LogP contribution in [0, 0.1) is 6.92 Å². The standard InChI is InChI=1S/C22H17BrClNO4/c1-13-2-9-20(29-13)19(26)11-22(28)17-10-15(23)5-8-18(17)25(21(22)27)12-14-3-6-16(24)7-4-14/h2-10,28H,11-12H2,1H3. The Morgan fingerprint density at radius 2 is 1.90 bits per heavy atom. The molecular formula is C22H17BrClNO4. The van der Waals surface area contributed by atoms with Gasteiger partial charge in [0.1, 0.15) is 5.76 Å². The largest absolute Gasteiger partial charge is 0.458 e. The number of anilines is 1. The molecule has 1 unspecified atom stereocenters. The number of hydrogen-bond donors (Lipinski definition) is 1. The van der Waals surface area contributed by atoms with Gasteiger partial charge in [-0.05, 0) is 55.0 Å². The fourth-order valence-corrected chi connectivity index (χ4v) is 4.01. The minimum atomic E-state index is -1.97. The van der Waals surface area contributed by atoms with Crippen LogP contribution in [0.15, 0.2) is 63.5 Å². The molecule has 0 spiro atoms. The molecule has 3 aromatic rings. The number of halogens is 2.